The number of benzene rings is 1. The lowest BCUT2D eigenvalue weighted by Crippen LogP contribution is -2.23. The number of anilines is 1. The maximum atomic E-state index is 11.9. The fraction of sp³-hybridized carbons (Fsp3) is 0.455. The molecule has 1 rings (SSSR count). The third-order valence-corrected chi connectivity index (χ3v) is 3.80. The number of sulfonamides is 1. The third kappa shape index (κ3) is 5.48. The van der Waals surface area contributed by atoms with E-state index >= 15 is 0 Å². The van der Waals surface area contributed by atoms with Crippen LogP contribution in [0.3, 0.4) is 0 Å². The average molecular weight is 296 g/mol. The van der Waals surface area contributed by atoms with Gasteiger partial charge >= 0.3 is 6.18 Å². The first-order valence-electron chi connectivity index (χ1n) is 5.65. The van der Waals surface area contributed by atoms with Gasteiger partial charge in [-0.2, -0.15) is 13.2 Å². The van der Waals surface area contributed by atoms with Gasteiger partial charge in [0.2, 0.25) is 10.0 Å². The fourth-order valence-corrected chi connectivity index (χ4v) is 2.41. The van der Waals surface area contributed by atoms with Crippen molar-refractivity contribution in [2.75, 3.05) is 18.4 Å². The van der Waals surface area contributed by atoms with Crippen molar-refractivity contribution in [2.45, 2.75) is 24.4 Å². The van der Waals surface area contributed by atoms with Crippen LogP contribution in [0, 0.1) is 0 Å². The van der Waals surface area contributed by atoms with Crippen LogP contribution >= 0.6 is 0 Å². The molecule has 108 valence electrons. The summed E-state index contributed by atoms with van der Waals surface area (Å²) in [5.74, 6) is 0. The number of hydrogen-bond donors (Lipinski definition) is 2. The van der Waals surface area contributed by atoms with E-state index in [0.29, 0.717) is 5.69 Å². The summed E-state index contributed by atoms with van der Waals surface area (Å²) in [4.78, 5) is 0.0794. The lowest BCUT2D eigenvalue weighted by molar-refractivity contribution is -0.131. The van der Waals surface area contributed by atoms with Gasteiger partial charge in [0.15, 0.2) is 0 Å². The van der Waals surface area contributed by atoms with Crippen molar-refractivity contribution < 1.29 is 21.6 Å². The van der Waals surface area contributed by atoms with Gasteiger partial charge in [-0.15, -0.1) is 0 Å². The number of halogens is 3. The van der Waals surface area contributed by atoms with Gasteiger partial charge in [0.05, 0.1) is 11.3 Å². The Morgan fingerprint density at radius 3 is 2.21 bits per heavy atom. The Morgan fingerprint density at radius 2 is 1.74 bits per heavy atom. The molecule has 0 radical (unpaired) electrons. The Balaban J connectivity index is 2.62. The van der Waals surface area contributed by atoms with Crippen LogP contribution in [0.2, 0.25) is 0 Å². The first-order chi connectivity index (χ1) is 8.74. The lowest BCUT2D eigenvalue weighted by atomic mass is 10.3. The van der Waals surface area contributed by atoms with E-state index in [1.54, 1.807) is 6.92 Å². The minimum Gasteiger partial charge on any atom is -0.385 e. The molecule has 0 aliphatic rings. The highest BCUT2D eigenvalue weighted by Crippen LogP contribution is 2.20. The highest BCUT2D eigenvalue weighted by Gasteiger charge is 2.26. The molecular weight excluding hydrogens is 281 g/mol. The summed E-state index contributed by atoms with van der Waals surface area (Å²) in [5, 5.41) is 2.58. The van der Waals surface area contributed by atoms with Crippen LogP contribution in [0.5, 0.6) is 0 Å². The second kappa shape index (κ2) is 6.25. The van der Waals surface area contributed by atoms with Crippen LogP contribution in [0.25, 0.3) is 0 Å². The van der Waals surface area contributed by atoms with E-state index < -0.39 is 22.6 Å². The molecular formula is C11H15F3N2O2S. The molecule has 0 saturated carbocycles. The summed E-state index contributed by atoms with van der Waals surface area (Å²) in [6.07, 6.45) is -5.15. The van der Waals surface area contributed by atoms with E-state index in [9.17, 15) is 21.6 Å². The maximum Gasteiger partial charge on any atom is 0.390 e. The molecule has 0 bridgehead atoms. The van der Waals surface area contributed by atoms with Gasteiger partial charge < -0.3 is 5.32 Å². The minimum atomic E-state index is -4.21. The van der Waals surface area contributed by atoms with Crippen LogP contribution in [0.4, 0.5) is 18.9 Å². The van der Waals surface area contributed by atoms with Gasteiger partial charge in [0, 0.05) is 18.8 Å². The topological polar surface area (TPSA) is 58.2 Å². The van der Waals surface area contributed by atoms with E-state index in [0.717, 1.165) is 0 Å². The van der Waals surface area contributed by atoms with Crippen molar-refractivity contribution in [3.05, 3.63) is 24.3 Å². The molecule has 0 heterocycles. The normalized spacial score (nSPS) is 12.4. The van der Waals surface area contributed by atoms with E-state index in [1.165, 1.54) is 24.3 Å². The van der Waals surface area contributed by atoms with E-state index in [2.05, 4.69) is 10.0 Å². The van der Waals surface area contributed by atoms with Crippen LogP contribution in [0.1, 0.15) is 13.3 Å². The first kappa shape index (κ1) is 15.8. The predicted molar refractivity (Wildman–Crippen MR) is 66.5 cm³/mol. The highest BCUT2D eigenvalue weighted by atomic mass is 32.2. The molecule has 19 heavy (non-hydrogen) atoms. The molecule has 2 N–H and O–H groups in total. The maximum absolute atomic E-state index is 11.9. The van der Waals surface area contributed by atoms with E-state index in [4.69, 9.17) is 0 Å². The zero-order valence-electron chi connectivity index (χ0n) is 10.3. The van der Waals surface area contributed by atoms with Crippen molar-refractivity contribution in [3.8, 4) is 0 Å². The molecule has 1 aromatic rings. The molecule has 0 unspecified atom stereocenters. The van der Waals surface area contributed by atoms with Crippen LogP contribution in [-0.2, 0) is 10.0 Å². The standard InChI is InChI=1S/C11H15F3N2O2S/c1-2-16-19(17,18)10-5-3-9(4-6-10)15-8-7-11(12,13)14/h3-6,15-16H,2,7-8H2,1H3. The molecule has 0 amide bonds. The quantitative estimate of drug-likeness (QED) is 0.847. The largest absolute Gasteiger partial charge is 0.390 e. The predicted octanol–water partition coefficient (Wildman–Crippen LogP) is 2.35. The van der Waals surface area contributed by atoms with Crippen molar-refractivity contribution in [3.63, 3.8) is 0 Å². The molecule has 0 atom stereocenters. The molecule has 0 spiro atoms. The second-order valence-corrected chi connectivity index (χ2v) is 5.58. The van der Waals surface area contributed by atoms with Crippen molar-refractivity contribution in [1.29, 1.82) is 0 Å². The van der Waals surface area contributed by atoms with Gasteiger partial charge in [0.25, 0.3) is 0 Å². The van der Waals surface area contributed by atoms with Gasteiger partial charge in [-0.3, -0.25) is 0 Å². The molecule has 0 aliphatic heterocycles. The first-order valence-corrected chi connectivity index (χ1v) is 7.13. The molecule has 0 saturated heterocycles. The van der Waals surface area contributed by atoms with Crippen molar-refractivity contribution in [1.82, 2.24) is 4.72 Å². The third-order valence-electron chi connectivity index (χ3n) is 2.24. The van der Waals surface area contributed by atoms with Gasteiger partial charge in [-0.25, -0.2) is 13.1 Å². The van der Waals surface area contributed by atoms with E-state index in [1.807, 2.05) is 0 Å². The number of alkyl halides is 3. The van der Waals surface area contributed by atoms with Crippen molar-refractivity contribution in [2.24, 2.45) is 0 Å². The Morgan fingerprint density at radius 1 is 1.16 bits per heavy atom. The minimum absolute atomic E-state index is 0.0794. The molecule has 0 aliphatic carbocycles. The zero-order valence-corrected chi connectivity index (χ0v) is 11.1. The smallest absolute Gasteiger partial charge is 0.385 e. The summed E-state index contributed by atoms with van der Waals surface area (Å²) in [7, 11) is -3.53. The second-order valence-electron chi connectivity index (χ2n) is 3.82. The molecule has 4 nitrogen and oxygen atoms in total. The summed E-state index contributed by atoms with van der Waals surface area (Å²) < 4.78 is 61.3. The summed E-state index contributed by atoms with van der Waals surface area (Å²) in [6, 6.07) is 5.54. The Kier molecular flexibility index (Phi) is 5.19. The summed E-state index contributed by atoms with van der Waals surface area (Å²) in [5.41, 5.74) is 0.444. The van der Waals surface area contributed by atoms with Gasteiger partial charge in [-0.1, -0.05) is 6.92 Å². The molecule has 8 heteroatoms. The number of nitrogens with one attached hydrogen (secondary N) is 2. The Bertz CT molecular complexity index is 498. The zero-order chi connectivity index (χ0) is 14.5. The monoisotopic (exact) mass is 296 g/mol. The molecule has 1 aromatic carbocycles. The van der Waals surface area contributed by atoms with E-state index in [-0.39, 0.29) is 18.0 Å². The molecule has 0 fully saturated rings. The Labute approximate surface area is 110 Å². The lowest BCUT2D eigenvalue weighted by Gasteiger charge is -2.09. The van der Waals surface area contributed by atoms with Crippen molar-refractivity contribution >= 4 is 15.7 Å². The average Bonchev–Trinajstić information content (AvgIpc) is 2.28. The van der Waals surface area contributed by atoms with Crippen LogP contribution < -0.4 is 10.0 Å². The molecule has 0 aromatic heterocycles. The fourth-order valence-electron chi connectivity index (χ4n) is 1.37. The SMILES string of the molecule is CCNS(=O)(=O)c1ccc(NCCC(F)(F)F)cc1. The van der Waals surface area contributed by atoms with Crippen LogP contribution in [0.15, 0.2) is 29.2 Å². The number of rotatable bonds is 6. The van der Waals surface area contributed by atoms with Gasteiger partial charge in [-0.05, 0) is 24.3 Å². The highest BCUT2D eigenvalue weighted by molar-refractivity contribution is 7.89. The van der Waals surface area contributed by atoms with Gasteiger partial charge in [0.1, 0.15) is 0 Å². The number of hydrogen-bond acceptors (Lipinski definition) is 3. The summed E-state index contributed by atoms with van der Waals surface area (Å²) in [6.45, 7) is 1.68. The summed E-state index contributed by atoms with van der Waals surface area (Å²) >= 11 is 0. The van der Waals surface area contributed by atoms with Crippen LogP contribution in [-0.4, -0.2) is 27.7 Å². The Hall–Kier alpha value is -1.28.